The predicted octanol–water partition coefficient (Wildman–Crippen LogP) is 4.27. The van der Waals surface area contributed by atoms with Crippen molar-refractivity contribution in [3.8, 4) is 17.5 Å². The van der Waals surface area contributed by atoms with E-state index in [9.17, 15) is 14.9 Å². The molecule has 0 saturated carbocycles. The van der Waals surface area contributed by atoms with E-state index >= 15 is 0 Å². The molecule has 194 valence electrons. The summed E-state index contributed by atoms with van der Waals surface area (Å²) in [6, 6.07) is 22.0. The molecule has 1 N–H and O–H groups in total. The molecule has 38 heavy (non-hydrogen) atoms. The van der Waals surface area contributed by atoms with Crippen molar-refractivity contribution in [3.05, 3.63) is 104 Å². The van der Waals surface area contributed by atoms with Crippen LogP contribution >= 0.6 is 11.3 Å². The number of benzene rings is 2. The molecule has 0 fully saturated rings. The van der Waals surface area contributed by atoms with E-state index in [1.165, 1.54) is 23.7 Å². The van der Waals surface area contributed by atoms with E-state index in [0.29, 0.717) is 22.6 Å². The van der Waals surface area contributed by atoms with Gasteiger partial charge in [0.25, 0.3) is 11.5 Å². The largest absolute Gasteiger partial charge is 0.494 e. The number of carbonyl (C=O) groups excluding carboxylic acids is 1. The van der Waals surface area contributed by atoms with Crippen LogP contribution in [-0.4, -0.2) is 17.1 Å². The average Bonchev–Trinajstić information content (AvgIpc) is 3.57. The predicted molar refractivity (Wildman–Crippen MR) is 148 cm³/mol. The van der Waals surface area contributed by atoms with E-state index in [-0.39, 0.29) is 22.3 Å². The number of nitrogens with one attached hydrogen (secondary N) is 1. The minimum Gasteiger partial charge on any atom is -0.494 e. The Morgan fingerprint density at radius 3 is 2.55 bits per heavy atom. The standard InChI is InChI=1S/C30H29N3O4S/c1-2-3-4-8-17-36-24-15-13-22(14-16-24)19-27-29(35)33(23-10-6-5-7-11-23)30(38-27)26(20-31)28(34)32-21-25-12-9-18-37-25/h5-7,9-16,18-19H,2-4,8,17,21H2,1H3,(H,32,34). The monoisotopic (exact) mass is 527 g/mol. The van der Waals surface area contributed by atoms with Crippen molar-refractivity contribution in [1.29, 1.82) is 5.26 Å². The van der Waals surface area contributed by atoms with Gasteiger partial charge in [-0.3, -0.25) is 14.2 Å². The number of furan rings is 1. The quantitative estimate of drug-likeness (QED) is 0.294. The number of nitrogens with zero attached hydrogens (tertiary/aromatic N) is 2. The number of nitriles is 1. The Labute approximate surface area is 224 Å². The molecule has 0 saturated heterocycles. The van der Waals surface area contributed by atoms with Crippen LogP contribution in [0, 0.1) is 11.3 Å². The normalized spacial score (nSPS) is 12.2. The van der Waals surface area contributed by atoms with Gasteiger partial charge in [-0.05, 0) is 54.5 Å². The minimum atomic E-state index is -0.582. The fourth-order valence-corrected chi connectivity index (χ4v) is 4.96. The number of hydrogen-bond donors (Lipinski definition) is 1. The van der Waals surface area contributed by atoms with Gasteiger partial charge in [-0.2, -0.15) is 5.26 Å². The van der Waals surface area contributed by atoms with Gasteiger partial charge in [0.15, 0.2) is 5.57 Å². The second-order valence-corrected chi connectivity index (χ2v) is 9.65. The number of unbranched alkanes of at least 4 members (excludes halogenated alkanes) is 3. The van der Waals surface area contributed by atoms with Crippen LogP contribution in [-0.2, 0) is 11.3 Å². The molecule has 0 radical (unpaired) electrons. The topological polar surface area (TPSA) is 97.3 Å². The Balaban J connectivity index is 1.69. The third-order valence-corrected chi connectivity index (χ3v) is 6.93. The number of hydrogen-bond acceptors (Lipinski definition) is 6. The van der Waals surface area contributed by atoms with Crippen molar-refractivity contribution in [3.63, 3.8) is 0 Å². The second kappa shape index (κ2) is 13.3. The molecule has 2 heterocycles. The molecule has 0 spiro atoms. The molecule has 4 rings (SSSR count). The molecule has 7 nitrogen and oxygen atoms in total. The van der Waals surface area contributed by atoms with Crippen molar-refractivity contribution >= 4 is 28.9 Å². The Morgan fingerprint density at radius 2 is 1.87 bits per heavy atom. The van der Waals surface area contributed by atoms with E-state index in [0.717, 1.165) is 35.5 Å². The van der Waals surface area contributed by atoms with Gasteiger partial charge in [0, 0.05) is 0 Å². The molecule has 8 heteroatoms. The number of rotatable bonds is 11. The van der Waals surface area contributed by atoms with E-state index in [1.54, 1.807) is 42.5 Å². The zero-order valence-corrected chi connectivity index (χ0v) is 22.0. The van der Waals surface area contributed by atoms with Crippen LogP contribution in [0.15, 0.2) is 82.2 Å². The smallest absolute Gasteiger partial charge is 0.273 e. The number of thiazole rings is 1. The summed E-state index contributed by atoms with van der Waals surface area (Å²) in [5.74, 6) is 0.757. The van der Waals surface area contributed by atoms with Gasteiger partial charge < -0.3 is 14.5 Å². The molecule has 2 aromatic carbocycles. The van der Waals surface area contributed by atoms with Crippen molar-refractivity contribution in [2.75, 3.05) is 6.61 Å². The summed E-state index contributed by atoms with van der Waals surface area (Å²) in [4.78, 5) is 26.5. The molecule has 0 aliphatic carbocycles. The lowest BCUT2D eigenvalue weighted by Crippen LogP contribution is -2.33. The Kier molecular flexibility index (Phi) is 9.32. The highest BCUT2D eigenvalue weighted by atomic mass is 32.1. The summed E-state index contributed by atoms with van der Waals surface area (Å²) in [7, 11) is 0. The van der Waals surface area contributed by atoms with Gasteiger partial charge in [0.1, 0.15) is 22.2 Å². The highest BCUT2D eigenvalue weighted by molar-refractivity contribution is 7.07. The fourth-order valence-electron chi connectivity index (χ4n) is 3.86. The molecular weight excluding hydrogens is 498 g/mol. The first-order valence-electron chi connectivity index (χ1n) is 12.6. The number of para-hydroxylation sites is 1. The highest BCUT2D eigenvalue weighted by Gasteiger charge is 2.17. The maximum atomic E-state index is 13.5. The van der Waals surface area contributed by atoms with Crippen LogP contribution in [0.3, 0.4) is 0 Å². The highest BCUT2D eigenvalue weighted by Crippen LogP contribution is 2.14. The average molecular weight is 528 g/mol. The molecule has 0 atom stereocenters. The van der Waals surface area contributed by atoms with Gasteiger partial charge >= 0.3 is 0 Å². The van der Waals surface area contributed by atoms with Gasteiger partial charge in [-0.1, -0.05) is 56.5 Å². The lowest BCUT2D eigenvalue weighted by molar-refractivity contribution is -0.115. The van der Waals surface area contributed by atoms with Gasteiger partial charge in [-0.15, -0.1) is 11.3 Å². The van der Waals surface area contributed by atoms with Crippen LogP contribution < -0.4 is 24.8 Å². The molecule has 0 aliphatic rings. The SMILES string of the molecule is CCCCCCOc1ccc(C=c2sc(=C(C#N)C(=O)NCc3ccco3)n(-c3ccccc3)c2=O)cc1. The van der Waals surface area contributed by atoms with Gasteiger partial charge in [0.05, 0.1) is 29.6 Å². The van der Waals surface area contributed by atoms with E-state index in [2.05, 4.69) is 12.2 Å². The van der Waals surface area contributed by atoms with Crippen LogP contribution in [0.1, 0.15) is 43.9 Å². The van der Waals surface area contributed by atoms with Crippen LogP contribution in [0.5, 0.6) is 5.75 Å². The van der Waals surface area contributed by atoms with Crippen LogP contribution in [0.4, 0.5) is 0 Å². The van der Waals surface area contributed by atoms with E-state index < -0.39 is 5.91 Å². The van der Waals surface area contributed by atoms with Gasteiger partial charge in [-0.25, -0.2) is 0 Å². The van der Waals surface area contributed by atoms with Crippen LogP contribution in [0.2, 0.25) is 0 Å². The molecule has 0 unspecified atom stereocenters. The first-order valence-corrected chi connectivity index (χ1v) is 13.4. The van der Waals surface area contributed by atoms with E-state index in [4.69, 9.17) is 9.15 Å². The number of amides is 1. The lowest BCUT2D eigenvalue weighted by Gasteiger charge is -2.05. The summed E-state index contributed by atoms with van der Waals surface area (Å²) in [5, 5.41) is 12.6. The Morgan fingerprint density at radius 1 is 1.08 bits per heavy atom. The molecule has 1 amide bonds. The Hall–Kier alpha value is -4.35. The van der Waals surface area contributed by atoms with Crippen molar-refractivity contribution < 1.29 is 13.9 Å². The maximum Gasteiger partial charge on any atom is 0.273 e. The third kappa shape index (κ3) is 6.69. The van der Waals surface area contributed by atoms with Crippen molar-refractivity contribution in [2.45, 2.75) is 39.2 Å². The Bertz CT molecular complexity index is 1560. The molecule has 0 bridgehead atoms. The van der Waals surface area contributed by atoms with Crippen molar-refractivity contribution in [1.82, 2.24) is 9.88 Å². The third-order valence-electron chi connectivity index (χ3n) is 5.84. The molecular formula is C30H29N3O4S. The summed E-state index contributed by atoms with van der Waals surface area (Å²) < 4.78 is 13.2. The summed E-state index contributed by atoms with van der Waals surface area (Å²) >= 11 is 1.11. The number of aromatic nitrogens is 1. The minimum absolute atomic E-state index is 0.129. The van der Waals surface area contributed by atoms with E-state index in [1.807, 2.05) is 36.4 Å². The summed E-state index contributed by atoms with van der Waals surface area (Å²) in [5.41, 5.74) is 0.934. The van der Waals surface area contributed by atoms with Crippen molar-refractivity contribution in [2.24, 2.45) is 0 Å². The fraction of sp³-hybridized carbons (Fsp3) is 0.233. The molecule has 0 aliphatic heterocycles. The van der Waals surface area contributed by atoms with Crippen LogP contribution in [0.25, 0.3) is 17.3 Å². The second-order valence-electron chi connectivity index (χ2n) is 8.62. The molecule has 4 aromatic rings. The summed E-state index contributed by atoms with van der Waals surface area (Å²) in [6.45, 7) is 2.98. The number of carbonyl (C=O) groups is 1. The number of ether oxygens (including phenoxy) is 1. The van der Waals surface area contributed by atoms with Gasteiger partial charge in [0.2, 0.25) is 0 Å². The maximum absolute atomic E-state index is 13.5. The molecule has 2 aromatic heterocycles. The summed E-state index contributed by atoms with van der Waals surface area (Å²) in [6.07, 6.45) is 7.83. The first kappa shape index (κ1) is 26.7. The lowest BCUT2D eigenvalue weighted by atomic mass is 10.2. The first-order chi connectivity index (χ1) is 18.6. The zero-order valence-electron chi connectivity index (χ0n) is 21.2. The zero-order chi connectivity index (χ0) is 26.7.